The van der Waals surface area contributed by atoms with Crippen molar-refractivity contribution in [2.75, 3.05) is 69.2 Å². The van der Waals surface area contributed by atoms with Crippen molar-refractivity contribution in [3.8, 4) is 11.3 Å². The molecule has 7 rings (SSSR count). The van der Waals surface area contributed by atoms with Crippen LogP contribution < -0.4 is 15.5 Å². The lowest BCUT2D eigenvalue weighted by Gasteiger charge is -2.39. The summed E-state index contributed by atoms with van der Waals surface area (Å²) in [4.78, 5) is 48.4. The fraction of sp³-hybridized carbons (Fsp3) is 0.400. The third-order valence-electron chi connectivity index (χ3n) is 9.12. The molecule has 6 heterocycles. The van der Waals surface area contributed by atoms with Gasteiger partial charge in [0.25, 0.3) is 11.8 Å². The van der Waals surface area contributed by atoms with E-state index in [1.54, 1.807) is 18.6 Å². The van der Waals surface area contributed by atoms with E-state index in [-0.39, 0.29) is 43.1 Å². The molecule has 3 aliphatic heterocycles. The van der Waals surface area contributed by atoms with Crippen LogP contribution in [0.15, 0.2) is 67.1 Å². The highest BCUT2D eigenvalue weighted by Gasteiger charge is 2.44. The number of morpholine rings is 1. The van der Waals surface area contributed by atoms with Crippen molar-refractivity contribution >= 4 is 34.4 Å². The number of piperidine rings is 1. The molecule has 0 aliphatic carbocycles. The van der Waals surface area contributed by atoms with Crippen LogP contribution in [0.3, 0.4) is 0 Å². The lowest BCUT2D eigenvalue weighted by molar-refractivity contribution is -0.131. The smallest absolute Gasteiger partial charge is 0.274 e. The van der Waals surface area contributed by atoms with Gasteiger partial charge >= 0.3 is 0 Å². The Balaban J connectivity index is 0.930. The first kappa shape index (κ1) is 32.7. The van der Waals surface area contributed by atoms with Crippen LogP contribution in [0, 0.1) is 0 Å². The third kappa shape index (κ3) is 7.77. The standard InChI is InChI=1S/C35H39F2N9O3/c1-23(17-45-20-35(36,37)21-45)33(47)42-27-3-2-10-44(19-27)18-24-8-9-38-30(15-24)34(48)41-26-6-4-25(5-7-26)29-16-28-31(43-29)39-22-40-32(28)46-11-13-49-14-12-46/h4-9,15-16,22,27H,1-3,10-14,17-21H2,(H,41,48)(H,42,47)(H,39,40,43). The predicted molar refractivity (Wildman–Crippen MR) is 182 cm³/mol. The summed E-state index contributed by atoms with van der Waals surface area (Å²) in [7, 11) is 0. The molecule has 1 unspecified atom stereocenters. The maximum atomic E-state index is 13.2. The number of alkyl halides is 2. The Hall–Kier alpha value is -4.79. The maximum Gasteiger partial charge on any atom is 0.274 e. The number of halogens is 2. The minimum absolute atomic E-state index is 0.0764. The summed E-state index contributed by atoms with van der Waals surface area (Å²) in [6.45, 7) is 8.25. The average molecular weight is 672 g/mol. The van der Waals surface area contributed by atoms with Gasteiger partial charge in [0.2, 0.25) is 5.91 Å². The van der Waals surface area contributed by atoms with E-state index in [1.165, 1.54) is 4.90 Å². The Morgan fingerprint density at radius 3 is 2.59 bits per heavy atom. The molecular weight excluding hydrogens is 632 g/mol. The summed E-state index contributed by atoms with van der Waals surface area (Å²) in [5, 5.41) is 6.91. The number of aromatic nitrogens is 4. The lowest BCUT2D eigenvalue weighted by Crippen LogP contribution is -2.57. The Morgan fingerprint density at radius 2 is 1.82 bits per heavy atom. The molecule has 256 valence electrons. The number of carbonyl (C=O) groups is 2. The van der Waals surface area contributed by atoms with Gasteiger partial charge in [-0.3, -0.25) is 24.4 Å². The van der Waals surface area contributed by atoms with Crippen LogP contribution >= 0.6 is 0 Å². The molecule has 1 atom stereocenters. The number of hydrogen-bond donors (Lipinski definition) is 3. The molecular formula is C35H39F2N9O3. The van der Waals surface area contributed by atoms with Crippen molar-refractivity contribution in [1.82, 2.24) is 35.1 Å². The molecule has 3 N–H and O–H groups in total. The first-order chi connectivity index (χ1) is 23.7. The molecule has 0 bridgehead atoms. The zero-order valence-electron chi connectivity index (χ0n) is 27.1. The highest BCUT2D eigenvalue weighted by Crippen LogP contribution is 2.30. The minimum atomic E-state index is -2.68. The summed E-state index contributed by atoms with van der Waals surface area (Å²) in [6, 6.07) is 13.2. The minimum Gasteiger partial charge on any atom is -0.378 e. The number of benzene rings is 1. The van der Waals surface area contributed by atoms with Gasteiger partial charge in [-0.2, -0.15) is 0 Å². The van der Waals surface area contributed by atoms with Crippen molar-refractivity contribution in [3.05, 3.63) is 78.4 Å². The molecule has 4 aromatic rings. The van der Waals surface area contributed by atoms with E-state index in [0.29, 0.717) is 37.7 Å². The molecule has 0 radical (unpaired) electrons. The molecule has 0 spiro atoms. The number of fused-ring (bicyclic) bond motifs is 1. The van der Waals surface area contributed by atoms with Crippen LogP contribution in [0.4, 0.5) is 20.3 Å². The Kier molecular flexibility index (Phi) is 9.34. The first-order valence-electron chi connectivity index (χ1n) is 16.5. The molecule has 0 saturated carbocycles. The normalized spacial score (nSPS) is 19.7. The van der Waals surface area contributed by atoms with E-state index in [0.717, 1.165) is 66.1 Å². The fourth-order valence-corrected chi connectivity index (χ4v) is 6.66. The van der Waals surface area contributed by atoms with E-state index in [9.17, 15) is 18.4 Å². The molecule has 3 aromatic heterocycles. The maximum absolute atomic E-state index is 13.2. The van der Waals surface area contributed by atoms with Crippen molar-refractivity contribution < 1.29 is 23.1 Å². The zero-order valence-corrected chi connectivity index (χ0v) is 27.1. The van der Waals surface area contributed by atoms with Gasteiger partial charge in [0.05, 0.1) is 31.7 Å². The van der Waals surface area contributed by atoms with Crippen molar-refractivity contribution in [1.29, 1.82) is 0 Å². The Morgan fingerprint density at radius 1 is 1.02 bits per heavy atom. The topological polar surface area (TPSA) is 132 Å². The van der Waals surface area contributed by atoms with Crippen LogP contribution in [-0.2, 0) is 16.1 Å². The molecule has 3 fully saturated rings. The van der Waals surface area contributed by atoms with E-state index >= 15 is 0 Å². The molecule has 3 aliphatic rings. The van der Waals surface area contributed by atoms with Crippen molar-refractivity contribution in [2.24, 2.45) is 0 Å². The number of rotatable bonds is 10. The molecule has 1 aromatic carbocycles. The molecule has 12 nitrogen and oxygen atoms in total. The first-order valence-corrected chi connectivity index (χ1v) is 16.5. The number of nitrogens with zero attached hydrogens (tertiary/aromatic N) is 6. The van der Waals surface area contributed by atoms with Crippen LogP contribution in [-0.4, -0.2) is 113 Å². The van der Waals surface area contributed by atoms with Gasteiger partial charge in [0, 0.05) is 61.9 Å². The number of aromatic amines is 1. The molecule has 3 saturated heterocycles. The van der Waals surface area contributed by atoms with Gasteiger partial charge in [-0.05, 0) is 60.8 Å². The zero-order chi connectivity index (χ0) is 34.0. The number of carbonyl (C=O) groups excluding carboxylic acids is 2. The van der Waals surface area contributed by atoms with Crippen LogP contribution in [0.2, 0.25) is 0 Å². The number of ether oxygens (including phenoxy) is 1. The van der Waals surface area contributed by atoms with Crippen molar-refractivity contribution in [3.63, 3.8) is 0 Å². The summed E-state index contributed by atoms with van der Waals surface area (Å²) in [5.74, 6) is -2.40. The number of anilines is 2. The largest absolute Gasteiger partial charge is 0.378 e. The summed E-state index contributed by atoms with van der Waals surface area (Å²) in [5.41, 5.74) is 4.79. The quantitative estimate of drug-likeness (QED) is 0.216. The summed E-state index contributed by atoms with van der Waals surface area (Å²) >= 11 is 0. The third-order valence-corrected chi connectivity index (χ3v) is 9.12. The summed E-state index contributed by atoms with van der Waals surface area (Å²) < 4.78 is 31.8. The number of pyridine rings is 1. The number of nitrogens with one attached hydrogen (secondary N) is 3. The van der Waals surface area contributed by atoms with Crippen LogP contribution in [0.5, 0.6) is 0 Å². The molecule has 2 amide bonds. The number of likely N-dealkylation sites (tertiary alicyclic amines) is 2. The number of hydrogen-bond acceptors (Lipinski definition) is 9. The van der Waals surface area contributed by atoms with Crippen molar-refractivity contribution in [2.45, 2.75) is 31.4 Å². The van der Waals surface area contributed by atoms with Crippen LogP contribution in [0.1, 0.15) is 28.9 Å². The van der Waals surface area contributed by atoms with Gasteiger partial charge < -0.3 is 25.3 Å². The molecule has 49 heavy (non-hydrogen) atoms. The van der Waals surface area contributed by atoms with Gasteiger partial charge in [-0.25, -0.2) is 18.7 Å². The second-order valence-electron chi connectivity index (χ2n) is 13.0. The predicted octanol–water partition coefficient (Wildman–Crippen LogP) is 3.70. The van der Waals surface area contributed by atoms with E-state index in [1.807, 2.05) is 30.3 Å². The monoisotopic (exact) mass is 671 g/mol. The lowest BCUT2D eigenvalue weighted by atomic mass is 10.0. The van der Waals surface area contributed by atoms with E-state index in [4.69, 9.17) is 4.74 Å². The van der Waals surface area contributed by atoms with E-state index in [2.05, 4.69) is 53.0 Å². The van der Waals surface area contributed by atoms with Gasteiger partial charge in [0.1, 0.15) is 23.5 Å². The highest BCUT2D eigenvalue weighted by molar-refractivity contribution is 6.03. The fourth-order valence-electron chi connectivity index (χ4n) is 6.66. The van der Waals surface area contributed by atoms with E-state index < -0.39 is 5.92 Å². The second kappa shape index (κ2) is 14.0. The highest BCUT2D eigenvalue weighted by atomic mass is 19.3. The average Bonchev–Trinajstić information content (AvgIpc) is 3.53. The SMILES string of the molecule is C=C(CN1CC(F)(F)C1)C(=O)NC1CCCN(Cc2ccnc(C(=O)Nc3ccc(-c4cc5c(N6CCOCC6)ncnc5[nH]4)cc3)c2)C1. The van der Waals surface area contributed by atoms with Gasteiger partial charge in [-0.1, -0.05) is 18.7 Å². The van der Waals surface area contributed by atoms with Gasteiger partial charge in [-0.15, -0.1) is 0 Å². The Labute approximate surface area is 282 Å². The molecule has 14 heteroatoms. The summed E-state index contributed by atoms with van der Waals surface area (Å²) in [6.07, 6.45) is 4.92. The Bertz CT molecular complexity index is 1830. The second-order valence-corrected chi connectivity index (χ2v) is 13.0. The number of amides is 2. The van der Waals surface area contributed by atoms with Gasteiger partial charge in [0.15, 0.2) is 0 Å². The van der Waals surface area contributed by atoms with Crippen LogP contribution in [0.25, 0.3) is 22.3 Å². The number of H-pyrrole nitrogens is 1.